The van der Waals surface area contributed by atoms with Gasteiger partial charge in [0.15, 0.2) is 0 Å². The number of carboxylic acids is 1. The summed E-state index contributed by atoms with van der Waals surface area (Å²) in [4.78, 5) is 37.9. The van der Waals surface area contributed by atoms with E-state index in [1.165, 1.54) is 23.1 Å². The van der Waals surface area contributed by atoms with Crippen molar-refractivity contribution in [1.29, 1.82) is 0 Å². The van der Waals surface area contributed by atoms with Crippen LogP contribution in [0.4, 0.5) is 4.39 Å². The van der Waals surface area contributed by atoms with Crippen LogP contribution in [-0.4, -0.2) is 33.8 Å². The van der Waals surface area contributed by atoms with E-state index in [1.807, 2.05) is 0 Å². The fourth-order valence-electron chi connectivity index (χ4n) is 3.85. The minimum Gasteiger partial charge on any atom is -0.481 e. The van der Waals surface area contributed by atoms with E-state index in [-0.39, 0.29) is 18.0 Å². The number of carbonyl (C=O) groups excluding carboxylic acids is 2. The Balaban J connectivity index is 2.07. The van der Waals surface area contributed by atoms with E-state index in [1.54, 1.807) is 6.07 Å². The minimum absolute atomic E-state index is 0.00115. The highest BCUT2D eigenvalue weighted by molar-refractivity contribution is 6.10. The second-order valence-electron chi connectivity index (χ2n) is 6.32. The molecule has 0 spiro atoms. The zero-order valence-corrected chi connectivity index (χ0v) is 12.6. The van der Waals surface area contributed by atoms with Crippen molar-refractivity contribution in [1.82, 2.24) is 4.90 Å². The van der Waals surface area contributed by atoms with E-state index in [0.29, 0.717) is 0 Å². The van der Waals surface area contributed by atoms with Crippen molar-refractivity contribution in [2.24, 2.45) is 0 Å². The third kappa shape index (κ3) is 2.52. The molecular formula is C17H18FNO4. The summed E-state index contributed by atoms with van der Waals surface area (Å²) < 4.78 is 14.3. The first-order valence-corrected chi connectivity index (χ1v) is 7.79. The molecule has 0 bridgehead atoms. The molecule has 1 saturated carbocycles. The van der Waals surface area contributed by atoms with Crippen LogP contribution >= 0.6 is 0 Å². The molecule has 1 aromatic carbocycles. The van der Waals surface area contributed by atoms with Crippen LogP contribution in [-0.2, 0) is 19.8 Å². The Morgan fingerprint density at radius 1 is 1.26 bits per heavy atom. The van der Waals surface area contributed by atoms with Crippen molar-refractivity contribution < 1.29 is 23.9 Å². The topological polar surface area (TPSA) is 74.7 Å². The third-order valence-corrected chi connectivity index (χ3v) is 4.88. The summed E-state index contributed by atoms with van der Waals surface area (Å²) in [5.74, 6) is -2.83. The highest BCUT2D eigenvalue weighted by Crippen LogP contribution is 2.43. The molecule has 6 heteroatoms. The molecule has 122 valence electrons. The van der Waals surface area contributed by atoms with Crippen molar-refractivity contribution in [3.63, 3.8) is 0 Å². The van der Waals surface area contributed by atoms with Gasteiger partial charge >= 0.3 is 5.97 Å². The van der Waals surface area contributed by atoms with Gasteiger partial charge in [0.05, 0.1) is 11.8 Å². The van der Waals surface area contributed by atoms with Gasteiger partial charge in [0.1, 0.15) is 5.82 Å². The lowest BCUT2D eigenvalue weighted by atomic mass is 9.75. The van der Waals surface area contributed by atoms with Gasteiger partial charge in [0, 0.05) is 18.0 Å². The Morgan fingerprint density at radius 2 is 1.91 bits per heavy atom. The Labute approximate surface area is 133 Å². The second-order valence-corrected chi connectivity index (χ2v) is 6.32. The van der Waals surface area contributed by atoms with Crippen LogP contribution in [0.1, 0.15) is 44.1 Å². The van der Waals surface area contributed by atoms with Gasteiger partial charge in [-0.1, -0.05) is 31.0 Å². The number of carboxylic acid groups (broad SMARTS) is 1. The molecule has 1 N–H and O–H groups in total. The molecule has 3 rings (SSSR count). The number of aliphatic carboxylic acids is 1. The van der Waals surface area contributed by atoms with E-state index in [2.05, 4.69) is 0 Å². The fraction of sp³-hybridized carbons (Fsp3) is 0.471. The Morgan fingerprint density at radius 3 is 2.52 bits per heavy atom. The lowest BCUT2D eigenvalue weighted by Crippen LogP contribution is -2.44. The number of imide groups is 1. The number of hydrogen-bond donors (Lipinski definition) is 1. The molecule has 0 unspecified atom stereocenters. The Bertz CT molecular complexity index is 668. The van der Waals surface area contributed by atoms with Gasteiger partial charge in [0.25, 0.3) is 0 Å². The summed E-state index contributed by atoms with van der Waals surface area (Å²) in [5, 5.41) is 9.24. The number of benzene rings is 1. The molecule has 1 aliphatic heterocycles. The zero-order valence-electron chi connectivity index (χ0n) is 12.6. The van der Waals surface area contributed by atoms with Gasteiger partial charge in [-0.05, 0) is 18.9 Å². The van der Waals surface area contributed by atoms with Crippen molar-refractivity contribution >= 4 is 17.8 Å². The Kier molecular flexibility index (Phi) is 3.92. The van der Waals surface area contributed by atoms with Crippen molar-refractivity contribution in [3.8, 4) is 0 Å². The largest absolute Gasteiger partial charge is 0.481 e. The molecule has 1 heterocycles. The first kappa shape index (κ1) is 15.6. The second kappa shape index (κ2) is 5.76. The summed E-state index contributed by atoms with van der Waals surface area (Å²) in [7, 11) is 0. The monoisotopic (exact) mass is 319 g/mol. The number of nitrogens with zero attached hydrogens (tertiary/aromatic N) is 1. The van der Waals surface area contributed by atoms with E-state index in [0.717, 1.165) is 25.7 Å². The molecule has 1 aromatic rings. The maximum atomic E-state index is 14.3. The summed E-state index contributed by atoms with van der Waals surface area (Å²) in [6, 6.07) is 5.44. The summed E-state index contributed by atoms with van der Waals surface area (Å²) in [5.41, 5.74) is -1.63. The number of carbonyl (C=O) groups is 3. The van der Waals surface area contributed by atoms with Gasteiger partial charge in [-0.2, -0.15) is 0 Å². The van der Waals surface area contributed by atoms with Crippen molar-refractivity contribution in [2.45, 2.75) is 50.0 Å². The predicted molar refractivity (Wildman–Crippen MR) is 79.1 cm³/mol. The zero-order chi connectivity index (χ0) is 16.6. The third-order valence-electron chi connectivity index (χ3n) is 4.88. The van der Waals surface area contributed by atoms with Crippen LogP contribution < -0.4 is 0 Å². The SMILES string of the molecule is O=C(O)C[C@]1(c2ccccc2F)CC(=O)N(C2CCCC2)C1=O. The van der Waals surface area contributed by atoms with E-state index < -0.39 is 35.4 Å². The molecule has 1 atom stereocenters. The van der Waals surface area contributed by atoms with Gasteiger partial charge < -0.3 is 5.11 Å². The standard InChI is InChI=1S/C17H18FNO4/c18-13-8-4-3-7-12(13)17(10-15(21)22)9-14(20)19(16(17)23)11-5-1-2-6-11/h3-4,7-8,11H,1-2,5-6,9-10H2,(H,21,22)/t17-/m0/s1. The van der Waals surface area contributed by atoms with Crippen LogP contribution in [0.15, 0.2) is 24.3 Å². The molecular weight excluding hydrogens is 301 g/mol. The highest BCUT2D eigenvalue weighted by atomic mass is 19.1. The molecule has 2 aliphatic rings. The fourth-order valence-corrected chi connectivity index (χ4v) is 3.85. The van der Waals surface area contributed by atoms with Crippen LogP contribution in [0.25, 0.3) is 0 Å². The normalized spacial score (nSPS) is 25.3. The summed E-state index contributed by atoms with van der Waals surface area (Å²) in [6.07, 6.45) is 2.48. The van der Waals surface area contributed by atoms with Gasteiger partial charge in [-0.25, -0.2) is 4.39 Å². The van der Waals surface area contributed by atoms with Crippen LogP contribution in [0.3, 0.4) is 0 Å². The lowest BCUT2D eigenvalue weighted by molar-refractivity contribution is -0.146. The van der Waals surface area contributed by atoms with Gasteiger partial charge in [-0.15, -0.1) is 0 Å². The smallest absolute Gasteiger partial charge is 0.304 e. The van der Waals surface area contributed by atoms with Crippen LogP contribution in [0, 0.1) is 5.82 Å². The molecule has 2 fully saturated rings. The van der Waals surface area contributed by atoms with Crippen LogP contribution in [0.2, 0.25) is 0 Å². The van der Waals surface area contributed by atoms with Crippen molar-refractivity contribution in [3.05, 3.63) is 35.6 Å². The maximum absolute atomic E-state index is 14.3. The average molecular weight is 319 g/mol. The first-order valence-electron chi connectivity index (χ1n) is 7.79. The van der Waals surface area contributed by atoms with E-state index >= 15 is 0 Å². The number of likely N-dealkylation sites (tertiary alicyclic amines) is 1. The summed E-state index contributed by atoms with van der Waals surface area (Å²) >= 11 is 0. The predicted octanol–water partition coefficient (Wildman–Crippen LogP) is 2.24. The summed E-state index contributed by atoms with van der Waals surface area (Å²) in [6.45, 7) is 0. The molecule has 5 nitrogen and oxygen atoms in total. The number of hydrogen-bond acceptors (Lipinski definition) is 3. The molecule has 2 amide bonds. The van der Waals surface area contributed by atoms with Gasteiger partial charge in [0.2, 0.25) is 11.8 Å². The average Bonchev–Trinajstić information content (AvgIpc) is 3.07. The number of halogens is 1. The highest BCUT2D eigenvalue weighted by Gasteiger charge is 2.56. The molecule has 1 aliphatic carbocycles. The number of rotatable bonds is 4. The molecule has 23 heavy (non-hydrogen) atoms. The van der Waals surface area contributed by atoms with Crippen LogP contribution in [0.5, 0.6) is 0 Å². The number of amides is 2. The van der Waals surface area contributed by atoms with Gasteiger partial charge in [-0.3, -0.25) is 19.3 Å². The maximum Gasteiger partial charge on any atom is 0.304 e. The van der Waals surface area contributed by atoms with Crippen molar-refractivity contribution in [2.75, 3.05) is 0 Å². The molecule has 0 radical (unpaired) electrons. The minimum atomic E-state index is -1.63. The van der Waals surface area contributed by atoms with E-state index in [4.69, 9.17) is 0 Å². The first-order chi connectivity index (χ1) is 11.0. The lowest BCUT2D eigenvalue weighted by Gasteiger charge is -2.28. The Hall–Kier alpha value is -2.24. The van der Waals surface area contributed by atoms with E-state index in [9.17, 15) is 23.9 Å². The molecule has 0 aromatic heterocycles. The molecule has 1 saturated heterocycles. The quantitative estimate of drug-likeness (QED) is 0.864.